The fourth-order valence-corrected chi connectivity index (χ4v) is 3.53. The molecule has 0 saturated heterocycles. The van der Waals surface area contributed by atoms with E-state index in [1.807, 2.05) is 0 Å². The number of esters is 1. The van der Waals surface area contributed by atoms with Gasteiger partial charge in [0.2, 0.25) is 11.8 Å². The van der Waals surface area contributed by atoms with E-state index in [-0.39, 0.29) is 23.4 Å². The second-order valence-electron chi connectivity index (χ2n) is 6.39. The molecule has 0 fully saturated rings. The van der Waals surface area contributed by atoms with Crippen molar-refractivity contribution in [3.8, 4) is 17.4 Å². The molecule has 1 aromatic carbocycles. The van der Waals surface area contributed by atoms with Crippen LogP contribution in [-0.4, -0.2) is 27.4 Å². The van der Waals surface area contributed by atoms with Gasteiger partial charge >= 0.3 is 12.1 Å². The Morgan fingerprint density at radius 3 is 2.74 bits per heavy atom. The summed E-state index contributed by atoms with van der Waals surface area (Å²) in [6.45, 7) is 0.982. The first-order valence-corrected chi connectivity index (χ1v) is 7.99. The van der Waals surface area contributed by atoms with E-state index in [9.17, 15) is 28.2 Å². The van der Waals surface area contributed by atoms with Gasteiger partial charge in [-0.15, -0.1) is 0 Å². The first kappa shape index (κ1) is 17.5. The highest BCUT2D eigenvalue weighted by atomic mass is 19.4. The molecule has 142 valence electrons. The van der Waals surface area contributed by atoms with Crippen LogP contribution in [0.3, 0.4) is 0 Å². The molecule has 2 aliphatic heterocycles. The molecule has 1 aromatic heterocycles. The number of benzene rings is 1. The van der Waals surface area contributed by atoms with Crippen LogP contribution in [0.15, 0.2) is 36.4 Å². The number of nitrogens with zero attached hydrogens (tertiary/aromatic N) is 1. The maximum Gasteiger partial charge on any atom is 0.416 e. The van der Waals surface area contributed by atoms with Gasteiger partial charge in [-0.2, -0.15) is 13.2 Å². The maximum atomic E-state index is 13.0. The predicted octanol–water partition coefficient (Wildman–Crippen LogP) is 3.31. The molecular formula is C18H14F3NO5. The second kappa shape index (κ2) is 5.53. The summed E-state index contributed by atoms with van der Waals surface area (Å²) in [4.78, 5) is 11.2. The fraction of sp³-hybridized carbons (Fsp3) is 0.278. The number of rotatable bonds is 3. The molecular weight excluding hydrogens is 367 g/mol. The topological polar surface area (TPSA) is 80.9 Å². The zero-order valence-corrected chi connectivity index (χ0v) is 13.9. The third-order valence-electron chi connectivity index (χ3n) is 4.66. The monoisotopic (exact) mass is 381 g/mol. The van der Waals surface area contributed by atoms with E-state index in [1.165, 1.54) is 19.1 Å². The van der Waals surface area contributed by atoms with E-state index < -0.39 is 41.2 Å². The number of alkyl halides is 3. The molecule has 2 aliphatic rings. The van der Waals surface area contributed by atoms with E-state index in [2.05, 4.69) is 0 Å². The van der Waals surface area contributed by atoms with Crippen molar-refractivity contribution in [1.82, 2.24) is 4.57 Å². The summed E-state index contributed by atoms with van der Waals surface area (Å²) < 4.78 is 50.7. The van der Waals surface area contributed by atoms with Crippen molar-refractivity contribution in [2.45, 2.75) is 24.8 Å². The number of carbonyl (C=O) groups is 1. The number of aromatic nitrogens is 1. The molecule has 0 aliphatic carbocycles. The first-order chi connectivity index (χ1) is 12.6. The minimum absolute atomic E-state index is 0.0590. The first-order valence-electron chi connectivity index (χ1n) is 7.99. The standard InChI is InChI=1S/C18H14F3NO5/c1-9(23)26-8-17-6-5-12(27-17)13-14(17)16(25)22(15(13)24)11-4-2-3-10(7-11)18(19,20)21/h2-7,12,24-25H,8H2,1H3. The Balaban J connectivity index is 1.84. The van der Waals surface area contributed by atoms with Crippen LogP contribution in [0.4, 0.5) is 13.2 Å². The smallest absolute Gasteiger partial charge is 0.416 e. The molecule has 9 heteroatoms. The summed E-state index contributed by atoms with van der Waals surface area (Å²) in [5.74, 6) is -1.46. The molecule has 2 atom stereocenters. The van der Waals surface area contributed by atoms with Crippen molar-refractivity contribution in [3.05, 3.63) is 53.1 Å². The summed E-state index contributed by atoms with van der Waals surface area (Å²) in [5.41, 5.74) is -1.86. The van der Waals surface area contributed by atoms with Crippen molar-refractivity contribution < 1.29 is 37.7 Å². The number of carbonyl (C=O) groups excluding carboxylic acids is 1. The number of ether oxygens (including phenoxy) is 2. The number of fused-ring (bicyclic) bond motifs is 5. The van der Waals surface area contributed by atoms with Crippen molar-refractivity contribution in [2.75, 3.05) is 6.61 Å². The van der Waals surface area contributed by atoms with E-state index in [1.54, 1.807) is 12.2 Å². The molecule has 0 radical (unpaired) electrons. The zero-order chi connectivity index (χ0) is 19.6. The summed E-state index contributed by atoms with van der Waals surface area (Å²) in [6.07, 6.45) is -2.05. The van der Waals surface area contributed by atoms with Gasteiger partial charge in [0.05, 0.1) is 22.4 Å². The lowest BCUT2D eigenvalue weighted by Crippen LogP contribution is -2.28. The van der Waals surface area contributed by atoms with Crippen molar-refractivity contribution >= 4 is 5.97 Å². The molecule has 0 spiro atoms. The van der Waals surface area contributed by atoms with Crippen molar-refractivity contribution in [2.24, 2.45) is 0 Å². The van der Waals surface area contributed by atoms with Gasteiger partial charge < -0.3 is 19.7 Å². The SMILES string of the molecule is CC(=O)OCC12C=CC(O1)c1c2c(O)n(-c2cccc(C(F)(F)F)c2)c1O. The molecule has 2 unspecified atom stereocenters. The molecule has 2 N–H and O–H groups in total. The average molecular weight is 381 g/mol. The highest BCUT2D eigenvalue weighted by Gasteiger charge is 2.53. The van der Waals surface area contributed by atoms with Crippen LogP contribution in [0.25, 0.3) is 5.69 Å². The van der Waals surface area contributed by atoms with Crippen LogP contribution in [0, 0.1) is 0 Å². The minimum atomic E-state index is -4.57. The van der Waals surface area contributed by atoms with Gasteiger partial charge in [0, 0.05) is 6.92 Å². The third-order valence-corrected chi connectivity index (χ3v) is 4.66. The van der Waals surface area contributed by atoms with Gasteiger partial charge in [0.25, 0.3) is 0 Å². The summed E-state index contributed by atoms with van der Waals surface area (Å²) in [7, 11) is 0. The highest BCUT2D eigenvalue weighted by molar-refractivity contribution is 5.67. The zero-order valence-electron chi connectivity index (χ0n) is 13.9. The number of hydrogen-bond donors (Lipinski definition) is 2. The van der Waals surface area contributed by atoms with E-state index in [4.69, 9.17) is 9.47 Å². The summed E-state index contributed by atoms with van der Waals surface area (Å²) >= 11 is 0. The lowest BCUT2D eigenvalue weighted by molar-refractivity contribution is -0.149. The maximum absolute atomic E-state index is 13.0. The number of aromatic hydroxyl groups is 2. The van der Waals surface area contributed by atoms with Crippen LogP contribution < -0.4 is 0 Å². The average Bonchev–Trinajstić information content (AvgIpc) is 3.23. The molecule has 2 aromatic rings. The van der Waals surface area contributed by atoms with Crippen molar-refractivity contribution in [3.63, 3.8) is 0 Å². The Labute approximate surface area is 151 Å². The number of halogens is 3. The van der Waals surface area contributed by atoms with Crippen LogP contribution in [0.5, 0.6) is 11.8 Å². The van der Waals surface area contributed by atoms with Crippen molar-refractivity contribution in [1.29, 1.82) is 0 Å². The Hall–Kier alpha value is -2.94. The van der Waals surface area contributed by atoms with Gasteiger partial charge in [-0.3, -0.25) is 9.36 Å². The summed E-state index contributed by atoms with van der Waals surface area (Å²) in [6, 6.07) is 4.23. The molecule has 27 heavy (non-hydrogen) atoms. The minimum Gasteiger partial charge on any atom is -0.494 e. The molecule has 4 rings (SSSR count). The van der Waals surface area contributed by atoms with Gasteiger partial charge in [-0.25, -0.2) is 0 Å². The fourth-order valence-electron chi connectivity index (χ4n) is 3.53. The molecule has 6 nitrogen and oxygen atoms in total. The Bertz CT molecular complexity index is 978. The summed E-state index contributed by atoms with van der Waals surface area (Å²) in [5, 5.41) is 21.3. The molecule has 2 bridgehead atoms. The molecule has 3 heterocycles. The molecule has 0 amide bonds. The van der Waals surface area contributed by atoms with Gasteiger partial charge in [0.15, 0.2) is 5.60 Å². The Morgan fingerprint density at radius 1 is 1.33 bits per heavy atom. The van der Waals surface area contributed by atoms with Gasteiger partial charge in [-0.05, 0) is 24.3 Å². The molecule has 0 saturated carbocycles. The highest BCUT2D eigenvalue weighted by Crippen LogP contribution is 2.58. The van der Waals surface area contributed by atoms with Gasteiger partial charge in [0.1, 0.15) is 12.7 Å². The van der Waals surface area contributed by atoms with E-state index in [0.717, 1.165) is 16.7 Å². The lowest BCUT2D eigenvalue weighted by atomic mass is 9.90. The van der Waals surface area contributed by atoms with E-state index >= 15 is 0 Å². The third kappa shape index (κ3) is 2.49. The Kier molecular flexibility index (Phi) is 3.58. The largest absolute Gasteiger partial charge is 0.494 e. The normalized spacial score (nSPS) is 22.9. The predicted molar refractivity (Wildman–Crippen MR) is 85.4 cm³/mol. The van der Waals surface area contributed by atoms with Crippen LogP contribution in [0.2, 0.25) is 0 Å². The second-order valence-corrected chi connectivity index (χ2v) is 6.39. The van der Waals surface area contributed by atoms with Crippen LogP contribution in [-0.2, 0) is 26.0 Å². The van der Waals surface area contributed by atoms with Crippen LogP contribution in [0.1, 0.15) is 29.7 Å². The van der Waals surface area contributed by atoms with E-state index in [0.29, 0.717) is 0 Å². The van der Waals surface area contributed by atoms with Gasteiger partial charge in [-0.1, -0.05) is 12.1 Å². The quantitative estimate of drug-likeness (QED) is 0.630. The van der Waals surface area contributed by atoms with Crippen LogP contribution >= 0.6 is 0 Å². The Morgan fingerprint density at radius 2 is 2.07 bits per heavy atom. The number of hydrogen-bond acceptors (Lipinski definition) is 5. The lowest BCUT2D eigenvalue weighted by Gasteiger charge is -2.23.